The molecular formula is C28H37N7O3. The van der Waals surface area contributed by atoms with Gasteiger partial charge in [0.2, 0.25) is 5.91 Å². The van der Waals surface area contributed by atoms with Crippen LogP contribution in [0.4, 0.5) is 0 Å². The normalized spacial score (nSPS) is 13.9. The standard InChI is InChI=1S/C28H37N7O3/c1-17(2)35-26-23(16-30-35)21(27(37)29-15-22-18(3)13-19(4)31-28(22)38)14-24(32-26)20-7-11-34(12-8-20)25(36)9-10-33(5)6/h7,13-14,16-17H,8-12,15H2,1-6H3,(H,29,37)(H,31,38). The molecule has 0 unspecified atom stereocenters. The van der Waals surface area contributed by atoms with Crippen LogP contribution in [0.1, 0.15) is 65.6 Å². The lowest BCUT2D eigenvalue weighted by atomic mass is 10.0. The smallest absolute Gasteiger partial charge is 0.253 e. The molecular weight excluding hydrogens is 482 g/mol. The van der Waals surface area contributed by atoms with Crippen LogP contribution in [0.25, 0.3) is 16.6 Å². The van der Waals surface area contributed by atoms with Gasteiger partial charge in [-0.2, -0.15) is 5.10 Å². The van der Waals surface area contributed by atoms with Crippen LogP contribution < -0.4 is 10.9 Å². The van der Waals surface area contributed by atoms with Gasteiger partial charge in [-0.05, 0) is 71.5 Å². The number of aryl methyl sites for hydroxylation is 2. The van der Waals surface area contributed by atoms with E-state index >= 15 is 0 Å². The molecule has 0 bridgehead atoms. The molecule has 3 aromatic heterocycles. The first-order valence-corrected chi connectivity index (χ1v) is 13.0. The molecule has 10 heteroatoms. The summed E-state index contributed by atoms with van der Waals surface area (Å²) >= 11 is 0. The molecule has 1 aliphatic rings. The van der Waals surface area contributed by atoms with Crippen LogP contribution in [0.3, 0.4) is 0 Å². The van der Waals surface area contributed by atoms with Crippen LogP contribution >= 0.6 is 0 Å². The average Bonchev–Trinajstić information content (AvgIpc) is 3.30. The number of nitrogens with one attached hydrogen (secondary N) is 2. The van der Waals surface area contributed by atoms with Crippen LogP contribution in [0, 0.1) is 13.8 Å². The molecule has 0 saturated heterocycles. The maximum Gasteiger partial charge on any atom is 0.253 e. The Kier molecular flexibility index (Phi) is 8.11. The summed E-state index contributed by atoms with van der Waals surface area (Å²) in [5, 5.41) is 8.07. The Labute approximate surface area is 222 Å². The SMILES string of the molecule is Cc1cc(C)c(CNC(=O)c2cc(C3=CCN(C(=O)CCN(C)C)CC3)nc3c2cnn3C(C)C)c(=O)[nH]1. The first-order valence-electron chi connectivity index (χ1n) is 13.0. The van der Waals surface area contributed by atoms with Crippen molar-refractivity contribution in [2.24, 2.45) is 0 Å². The molecule has 4 rings (SSSR count). The second-order valence-corrected chi connectivity index (χ2v) is 10.5. The van der Waals surface area contributed by atoms with Gasteiger partial charge in [-0.1, -0.05) is 6.08 Å². The van der Waals surface area contributed by atoms with Gasteiger partial charge in [0.15, 0.2) is 5.65 Å². The van der Waals surface area contributed by atoms with Crippen LogP contribution in [0.2, 0.25) is 0 Å². The van der Waals surface area contributed by atoms with E-state index in [-0.39, 0.29) is 30.0 Å². The number of nitrogens with zero attached hydrogens (tertiary/aromatic N) is 5. The summed E-state index contributed by atoms with van der Waals surface area (Å²) in [6, 6.07) is 3.75. The fourth-order valence-corrected chi connectivity index (χ4v) is 4.72. The Hall–Kier alpha value is -3.79. The highest BCUT2D eigenvalue weighted by atomic mass is 16.2. The van der Waals surface area contributed by atoms with Gasteiger partial charge >= 0.3 is 0 Å². The van der Waals surface area contributed by atoms with E-state index in [1.165, 1.54) is 0 Å². The van der Waals surface area contributed by atoms with Gasteiger partial charge in [0.25, 0.3) is 11.5 Å². The molecule has 10 nitrogen and oxygen atoms in total. The Bertz CT molecular complexity index is 1450. The van der Waals surface area contributed by atoms with Crippen molar-refractivity contribution in [2.45, 2.75) is 53.1 Å². The summed E-state index contributed by atoms with van der Waals surface area (Å²) in [6.07, 6.45) is 4.84. The first-order chi connectivity index (χ1) is 18.0. The van der Waals surface area contributed by atoms with Crippen LogP contribution in [0.15, 0.2) is 29.2 Å². The molecule has 0 saturated carbocycles. The molecule has 202 valence electrons. The van der Waals surface area contributed by atoms with Gasteiger partial charge in [-0.15, -0.1) is 0 Å². The fraction of sp³-hybridized carbons (Fsp3) is 0.464. The molecule has 4 heterocycles. The van der Waals surface area contributed by atoms with E-state index in [2.05, 4.69) is 15.4 Å². The zero-order valence-electron chi connectivity index (χ0n) is 23.1. The number of carbonyl (C=O) groups is 2. The molecule has 3 aromatic rings. The van der Waals surface area contributed by atoms with Crippen molar-refractivity contribution in [3.05, 3.63) is 62.8 Å². The van der Waals surface area contributed by atoms with Gasteiger partial charge < -0.3 is 20.1 Å². The van der Waals surface area contributed by atoms with E-state index in [1.54, 1.807) is 12.3 Å². The van der Waals surface area contributed by atoms with E-state index < -0.39 is 0 Å². The number of rotatable bonds is 8. The number of fused-ring (bicyclic) bond motifs is 1. The van der Waals surface area contributed by atoms with Crippen molar-refractivity contribution < 1.29 is 9.59 Å². The minimum atomic E-state index is -0.293. The lowest BCUT2D eigenvalue weighted by Gasteiger charge is -2.27. The number of hydrogen-bond donors (Lipinski definition) is 2. The summed E-state index contributed by atoms with van der Waals surface area (Å²) in [5.41, 5.74) is 4.74. The van der Waals surface area contributed by atoms with Crippen molar-refractivity contribution in [3.63, 3.8) is 0 Å². The lowest BCUT2D eigenvalue weighted by Crippen LogP contribution is -2.36. The zero-order chi connectivity index (χ0) is 27.6. The molecule has 0 atom stereocenters. The summed E-state index contributed by atoms with van der Waals surface area (Å²) in [4.78, 5) is 50.0. The molecule has 2 amide bonds. The third-order valence-electron chi connectivity index (χ3n) is 6.88. The lowest BCUT2D eigenvalue weighted by molar-refractivity contribution is -0.131. The molecule has 0 aromatic carbocycles. The van der Waals surface area contributed by atoms with Crippen molar-refractivity contribution in [1.82, 2.24) is 34.9 Å². The molecule has 0 aliphatic carbocycles. The van der Waals surface area contributed by atoms with E-state index in [0.29, 0.717) is 53.8 Å². The minimum absolute atomic E-state index is 0.0603. The summed E-state index contributed by atoms with van der Waals surface area (Å²) in [6.45, 7) is 9.69. The van der Waals surface area contributed by atoms with E-state index in [4.69, 9.17) is 4.98 Å². The number of aromatic amines is 1. The summed E-state index contributed by atoms with van der Waals surface area (Å²) in [7, 11) is 3.91. The molecule has 38 heavy (non-hydrogen) atoms. The van der Waals surface area contributed by atoms with E-state index in [0.717, 1.165) is 23.4 Å². The number of H-pyrrole nitrogens is 1. The van der Waals surface area contributed by atoms with E-state index in [9.17, 15) is 14.4 Å². The maximum absolute atomic E-state index is 13.4. The van der Waals surface area contributed by atoms with Crippen molar-refractivity contribution in [2.75, 3.05) is 33.7 Å². The highest BCUT2D eigenvalue weighted by Gasteiger charge is 2.23. The number of pyridine rings is 2. The Morgan fingerprint density at radius 1 is 1.21 bits per heavy atom. The molecule has 2 N–H and O–H groups in total. The van der Waals surface area contributed by atoms with Gasteiger partial charge in [0.1, 0.15) is 0 Å². The van der Waals surface area contributed by atoms with Crippen molar-refractivity contribution in [1.29, 1.82) is 0 Å². The van der Waals surface area contributed by atoms with Gasteiger partial charge in [0.05, 0.1) is 22.8 Å². The molecule has 0 fully saturated rings. The summed E-state index contributed by atoms with van der Waals surface area (Å²) in [5.74, 6) is -0.157. The predicted octanol–water partition coefficient (Wildman–Crippen LogP) is 2.81. The van der Waals surface area contributed by atoms with E-state index in [1.807, 2.05) is 68.4 Å². The Morgan fingerprint density at radius 2 is 1.97 bits per heavy atom. The molecule has 0 radical (unpaired) electrons. The third-order valence-corrected chi connectivity index (χ3v) is 6.88. The minimum Gasteiger partial charge on any atom is -0.348 e. The van der Waals surface area contributed by atoms with Crippen LogP contribution in [0.5, 0.6) is 0 Å². The number of aromatic nitrogens is 4. The van der Waals surface area contributed by atoms with Crippen molar-refractivity contribution >= 4 is 28.4 Å². The highest BCUT2D eigenvalue weighted by molar-refractivity contribution is 6.06. The predicted molar refractivity (Wildman–Crippen MR) is 148 cm³/mol. The van der Waals surface area contributed by atoms with Gasteiger partial charge in [-0.25, -0.2) is 9.67 Å². The van der Waals surface area contributed by atoms with Crippen LogP contribution in [-0.2, 0) is 11.3 Å². The quantitative estimate of drug-likeness (QED) is 0.473. The zero-order valence-corrected chi connectivity index (χ0v) is 23.1. The first kappa shape index (κ1) is 27.3. The maximum atomic E-state index is 13.4. The third kappa shape index (κ3) is 5.85. The second-order valence-electron chi connectivity index (χ2n) is 10.5. The fourth-order valence-electron chi connectivity index (χ4n) is 4.72. The monoisotopic (exact) mass is 519 g/mol. The molecule has 1 aliphatic heterocycles. The summed E-state index contributed by atoms with van der Waals surface area (Å²) < 4.78 is 1.81. The Balaban J connectivity index is 1.62. The average molecular weight is 520 g/mol. The topological polar surface area (TPSA) is 116 Å². The highest BCUT2D eigenvalue weighted by Crippen LogP contribution is 2.27. The Morgan fingerprint density at radius 3 is 2.61 bits per heavy atom. The molecule has 0 spiro atoms. The van der Waals surface area contributed by atoms with Gasteiger partial charge in [0, 0.05) is 49.9 Å². The number of amides is 2. The largest absolute Gasteiger partial charge is 0.348 e. The number of carbonyl (C=O) groups excluding carboxylic acids is 2. The van der Waals surface area contributed by atoms with Crippen molar-refractivity contribution in [3.8, 4) is 0 Å². The number of hydrogen-bond acceptors (Lipinski definition) is 6. The second kappa shape index (κ2) is 11.3. The van der Waals surface area contributed by atoms with Gasteiger partial charge in [-0.3, -0.25) is 14.4 Å². The van der Waals surface area contributed by atoms with Crippen LogP contribution in [-0.4, -0.2) is 75.1 Å².